The van der Waals surface area contributed by atoms with Gasteiger partial charge in [-0.2, -0.15) is 4.98 Å². The quantitative estimate of drug-likeness (QED) is 0.398. The summed E-state index contributed by atoms with van der Waals surface area (Å²) in [6, 6.07) is 7.25. The van der Waals surface area contributed by atoms with Gasteiger partial charge in [-0.25, -0.2) is 9.37 Å². The van der Waals surface area contributed by atoms with Gasteiger partial charge in [0.1, 0.15) is 18.2 Å². The van der Waals surface area contributed by atoms with Crippen LogP contribution in [0.3, 0.4) is 0 Å². The van der Waals surface area contributed by atoms with Crippen LogP contribution >= 0.6 is 0 Å². The highest BCUT2D eigenvalue weighted by molar-refractivity contribution is 6.00. The Morgan fingerprint density at radius 3 is 2.85 bits per heavy atom. The van der Waals surface area contributed by atoms with E-state index in [1.807, 2.05) is 6.92 Å². The number of nitrogens with zero attached hydrogens (tertiary/aromatic N) is 4. The SMILES string of the molecule is C#Cc1c(F)ccc2cc(O)cc(N3Cc4nc(OCC56CCCN5C(COC5CC5)CC6)nc(C)c4CC3C)c12. The van der Waals surface area contributed by atoms with Crippen molar-refractivity contribution in [1.29, 1.82) is 0 Å². The zero-order chi connectivity index (χ0) is 28.3. The van der Waals surface area contributed by atoms with Crippen LogP contribution < -0.4 is 9.64 Å². The zero-order valence-electron chi connectivity index (χ0n) is 23.8. The molecular formula is C33H37FN4O3. The fraction of sp³-hybridized carbons (Fsp3) is 0.515. The van der Waals surface area contributed by atoms with E-state index < -0.39 is 5.82 Å². The van der Waals surface area contributed by atoms with Gasteiger partial charge >= 0.3 is 6.01 Å². The molecule has 1 saturated carbocycles. The van der Waals surface area contributed by atoms with Crippen LogP contribution in [0.25, 0.3) is 10.8 Å². The molecule has 1 aromatic heterocycles. The fourth-order valence-electron chi connectivity index (χ4n) is 7.37. The van der Waals surface area contributed by atoms with Gasteiger partial charge in [-0.3, -0.25) is 4.90 Å². The number of phenolic OH excluding ortho intramolecular Hbond substituents is 1. The van der Waals surface area contributed by atoms with Crippen LogP contribution in [0.15, 0.2) is 24.3 Å². The van der Waals surface area contributed by atoms with Crippen LogP contribution in [0.1, 0.15) is 68.0 Å². The first kappa shape index (κ1) is 26.5. The van der Waals surface area contributed by atoms with Gasteiger partial charge in [-0.15, -0.1) is 6.42 Å². The Balaban J connectivity index is 1.15. The maximum atomic E-state index is 14.7. The monoisotopic (exact) mass is 556 g/mol. The molecule has 3 atom stereocenters. The van der Waals surface area contributed by atoms with E-state index in [0.717, 1.165) is 55.8 Å². The van der Waals surface area contributed by atoms with E-state index in [1.54, 1.807) is 18.2 Å². The second kappa shape index (κ2) is 10.1. The van der Waals surface area contributed by atoms with Crippen molar-refractivity contribution in [1.82, 2.24) is 14.9 Å². The second-order valence-corrected chi connectivity index (χ2v) is 12.4. The number of aromatic hydroxyl groups is 1. The first-order chi connectivity index (χ1) is 19.8. The summed E-state index contributed by atoms with van der Waals surface area (Å²) >= 11 is 0. The Bertz CT molecular complexity index is 1550. The molecule has 41 heavy (non-hydrogen) atoms. The van der Waals surface area contributed by atoms with Gasteiger partial charge in [0.15, 0.2) is 0 Å². The number of benzene rings is 2. The molecule has 2 saturated heterocycles. The number of rotatable bonds is 7. The average Bonchev–Trinajstić information content (AvgIpc) is 3.59. The minimum absolute atomic E-state index is 0.0292. The van der Waals surface area contributed by atoms with Gasteiger partial charge in [0.05, 0.1) is 41.7 Å². The van der Waals surface area contributed by atoms with Crippen molar-refractivity contribution in [3.63, 3.8) is 0 Å². The Labute approximate surface area is 240 Å². The van der Waals surface area contributed by atoms with Crippen LogP contribution in [0, 0.1) is 25.1 Å². The number of anilines is 1. The number of hydrogen-bond donors (Lipinski definition) is 1. The number of fused-ring (bicyclic) bond motifs is 3. The third-order valence-electron chi connectivity index (χ3n) is 9.67. The van der Waals surface area contributed by atoms with Crippen LogP contribution in [-0.2, 0) is 17.7 Å². The Hall–Kier alpha value is -3.41. The number of ether oxygens (including phenoxy) is 2. The molecule has 0 bridgehead atoms. The lowest BCUT2D eigenvalue weighted by Gasteiger charge is -2.37. The topological polar surface area (TPSA) is 71.0 Å². The molecule has 214 valence electrons. The molecule has 0 spiro atoms. The van der Waals surface area contributed by atoms with Gasteiger partial charge in [-0.1, -0.05) is 12.0 Å². The maximum Gasteiger partial charge on any atom is 0.316 e. The molecule has 8 heteroatoms. The van der Waals surface area contributed by atoms with Crippen LogP contribution in [0.5, 0.6) is 11.8 Å². The molecule has 1 N–H and O–H groups in total. The predicted octanol–water partition coefficient (Wildman–Crippen LogP) is 5.27. The van der Waals surface area contributed by atoms with E-state index in [-0.39, 0.29) is 22.9 Å². The first-order valence-electron chi connectivity index (χ1n) is 14.9. The highest BCUT2D eigenvalue weighted by Gasteiger charge is 2.50. The summed E-state index contributed by atoms with van der Waals surface area (Å²) in [5.41, 5.74) is 3.87. The Kier molecular flexibility index (Phi) is 6.55. The van der Waals surface area contributed by atoms with Gasteiger partial charge < -0.3 is 19.5 Å². The summed E-state index contributed by atoms with van der Waals surface area (Å²) in [6.45, 7) is 7.11. The summed E-state index contributed by atoms with van der Waals surface area (Å²) in [5.74, 6) is 2.20. The van der Waals surface area contributed by atoms with Crippen LogP contribution in [0.4, 0.5) is 10.1 Å². The molecule has 3 aromatic rings. The number of hydrogen-bond acceptors (Lipinski definition) is 7. The smallest absolute Gasteiger partial charge is 0.316 e. The largest absolute Gasteiger partial charge is 0.508 e. The highest BCUT2D eigenvalue weighted by Crippen LogP contribution is 2.44. The molecule has 3 fully saturated rings. The molecule has 4 heterocycles. The van der Waals surface area contributed by atoms with E-state index in [4.69, 9.17) is 25.9 Å². The van der Waals surface area contributed by atoms with E-state index in [0.29, 0.717) is 47.8 Å². The van der Waals surface area contributed by atoms with E-state index in [9.17, 15) is 9.50 Å². The summed E-state index contributed by atoms with van der Waals surface area (Å²) in [4.78, 5) is 14.5. The molecule has 3 unspecified atom stereocenters. The van der Waals surface area contributed by atoms with Crippen LogP contribution in [-0.4, -0.2) is 63.5 Å². The maximum absolute atomic E-state index is 14.7. The third kappa shape index (κ3) is 4.69. The first-order valence-corrected chi connectivity index (χ1v) is 14.9. The molecule has 1 aliphatic carbocycles. The van der Waals surface area contributed by atoms with Crippen molar-refractivity contribution in [2.24, 2.45) is 0 Å². The van der Waals surface area contributed by atoms with Crippen molar-refractivity contribution in [2.75, 3.05) is 24.7 Å². The van der Waals surface area contributed by atoms with Crippen molar-refractivity contribution in [3.05, 3.63) is 52.6 Å². The third-order valence-corrected chi connectivity index (χ3v) is 9.67. The van der Waals surface area contributed by atoms with Gasteiger partial charge in [0.25, 0.3) is 0 Å². The normalized spacial score (nSPS) is 25.8. The Morgan fingerprint density at radius 1 is 1.20 bits per heavy atom. The zero-order valence-corrected chi connectivity index (χ0v) is 23.8. The molecule has 3 aliphatic heterocycles. The highest BCUT2D eigenvalue weighted by atomic mass is 19.1. The summed E-state index contributed by atoms with van der Waals surface area (Å²) in [7, 11) is 0. The van der Waals surface area contributed by atoms with Crippen LogP contribution in [0.2, 0.25) is 0 Å². The lowest BCUT2D eigenvalue weighted by molar-refractivity contribution is 0.0304. The summed E-state index contributed by atoms with van der Waals surface area (Å²) < 4.78 is 27.2. The molecule has 4 aliphatic rings. The van der Waals surface area contributed by atoms with E-state index in [1.165, 1.54) is 25.3 Å². The summed E-state index contributed by atoms with van der Waals surface area (Å²) in [6.07, 6.45) is 13.9. The second-order valence-electron chi connectivity index (χ2n) is 12.4. The van der Waals surface area contributed by atoms with Gasteiger partial charge in [-0.05, 0) is 88.4 Å². The fourth-order valence-corrected chi connectivity index (χ4v) is 7.37. The summed E-state index contributed by atoms with van der Waals surface area (Å²) in [5, 5.41) is 11.9. The number of phenols is 1. The average molecular weight is 557 g/mol. The Morgan fingerprint density at radius 2 is 2.05 bits per heavy atom. The van der Waals surface area contributed by atoms with Crippen molar-refractivity contribution in [2.45, 2.75) is 89.1 Å². The van der Waals surface area contributed by atoms with Gasteiger partial charge in [0, 0.05) is 29.2 Å². The lowest BCUT2D eigenvalue weighted by atomic mass is 9.94. The minimum atomic E-state index is -0.445. The van der Waals surface area contributed by atoms with Gasteiger partial charge in [0.2, 0.25) is 0 Å². The molecule has 0 amide bonds. The number of terminal acetylenes is 1. The minimum Gasteiger partial charge on any atom is -0.508 e. The van der Waals surface area contributed by atoms with E-state index >= 15 is 0 Å². The number of halogens is 1. The number of aromatic nitrogens is 2. The van der Waals surface area contributed by atoms with Crippen molar-refractivity contribution >= 4 is 16.5 Å². The van der Waals surface area contributed by atoms with Crippen molar-refractivity contribution in [3.8, 4) is 24.1 Å². The predicted molar refractivity (Wildman–Crippen MR) is 156 cm³/mol. The molecule has 7 rings (SSSR count). The lowest BCUT2D eigenvalue weighted by Crippen LogP contribution is -2.48. The molecule has 2 aromatic carbocycles. The standard InChI is InChI=1S/C33H37FN4O3/c1-4-26-28(34)9-6-22-15-24(39)16-30(31(22)26)37-17-29-27(14-20(37)2)21(3)35-32(36-29)41-19-33-11-5-13-38(33)23(10-12-33)18-40-25-7-8-25/h1,6,9,15-16,20,23,25,39H,5,7-8,10-14,17-19H2,2-3H3. The van der Waals surface area contributed by atoms with E-state index in [2.05, 4.69) is 22.6 Å². The molecule has 0 radical (unpaired) electrons. The number of aryl methyl sites for hydroxylation is 1. The molecular weight excluding hydrogens is 519 g/mol. The molecule has 7 nitrogen and oxygen atoms in total. The van der Waals surface area contributed by atoms with Crippen molar-refractivity contribution < 1.29 is 19.0 Å².